The Kier molecular flexibility index (Phi) is 6.75. The van der Waals surface area contributed by atoms with Gasteiger partial charge in [-0.15, -0.1) is 10.2 Å². The van der Waals surface area contributed by atoms with Crippen molar-refractivity contribution >= 4 is 53.2 Å². The molecule has 0 bridgehead atoms. The first-order valence-electron chi connectivity index (χ1n) is 7.91. The Hall–Kier alpha value is -2.48. The average molecular weight is 419 g/mol. The molecule has 9 heteroatoms. The van der Waals surface area contributed by atoms with E-state index in [4.69, 9.17) is 29.0 Å². The third-order valence-corrected chi connectivity index (χ3v) is 5.18. The van der Waals surface area contributed by atoms with Gasteiger partial charge >= 0.3 is 0 Å². The Morgan fingerprint density at radius 1 is 1.11 bits per heavy atom. The molecule has 0 unspecified atom stereocenters. The van der Waals surface area contributed by atoms with Gasteiger partial charge in [-0.05, 0) is 29.3 Å². The molecule has 3 rings (SSSR count). The fourth-order valence-electron chi connectivity index (χ4n) is 2.09. The Morgan fingerprint density at radius 3 is 2.70 bits per heavy atom. The number of hydrazone groups is 1. The Morgan fingerprint density at radius 2 is 1.93 bits per heavy atom. The van der Waals surface area contributed by atoms with Gasteiger partial charge in [-0.25, -0.2) is 10.1 Å². The highest BCUT2D eigenvalue weighted by molar-refractivity contribution is 7.98. The summed E-state index contributed by atoms with van der Waals surface area (Å²) in [5, 5.41) is 13.7. The number of halogens is 2. The van der Waals surface area contributed by atoms with Gasteiger partial charge in [0, 0.05) is 12.0 Å². The Balaban J connectivity index is 1.54. The summed E-state index contributed by atoms with van der Waals surface area (Å²) in [7, 11) is 0. The monoisotopic (exact) mass is 418 g/mol. The fraction of sp³-hybridized carbons (Fsp3) is 0.0556. The fourth-order valence-corrected chi connectivity index (χ4v) is 3.21. The Labute approximate surface area is 171 Å². The van der Waals surface area contributed by atoms with Crippen molar-refractivity contribution in [2.24, 2.45) is 5.10 Å². The molecule has 0 radical (unpaired) electrons. The van der Waals surface area contributed by atoms with E-state index in [1.54, 1.807) is 12.3 Å². The van der Waals surface area contributed by atoms with Gasteiger partial charge in [0.15, 0.2) is 0 Å². The molecule has 0 spiro atoms. The van der Waals surface area contributed by atoms with Crippen LogP contribution in [-0.2, 0) is 5.75 Å². The third-order valence-electron chi connectivity index (χ3n) is 3.43. The lowest BCUT2D eigenvalue weighted by molar-refractivity contribution is 0.847. The van der Waals surface area contributed by atoms with E-state index in [1.807, 2.05) is 54.6 Å². The number of hydrogen-bond donors (Lipinski definition) is 2. The molecule has 3 aromatic rings. The highest BCUT2D eigenvalue weighted by Crippen LogP contribution is 2.27. The van der Waals surface area contributed by atoms with Crippen LogP contribution in [0, 0.1) is 0 Å². The minimum atomic E-state index is 0.344. The van der Waals surface area contributed by atoms with Crippen LogP contribution in [0.5, 0.6) is 0 Å². The summed E-state index contributed by atoms with van der Waals surface area (Å²) in [5.74, 6) is 6.97. The van der Waals surface area contributed by atoms with Crippen molar-refractivity contribution in [2.45, 2.75) is 10.9 Å². The van der Waals surface area contributed by atoms with E-state index in [9.17, 15) is 0 Å². The number of nitrogens with zero attached hydrogens (tertiary/aromatic N) is 4. The molecular formula is C18H16Cl2N6S. The van der Waals surface area contributed by atoms with Crippen molar-refractivity contribution in [3.63, 3.8) is 0 Å². The molecule has 1 aromatic heterocycles. The van der Waals surface area contributed by atoms with E-state index >= 15 is 0 Å². The van der Waals surface area contributed by atoms with Crippen LogP contribution in [0.4, 0.5) is 5.95 Å². The first-order chi connectivity index (χ1) is 13.1. The van der Waals surface area contributed by atoms with Crippen molar-refractivity contribution in [3.8, 4) is 0 Å². The number of nitrogen functional groups attached to an aromatic ring is 1. The van der Waals surface area contributed by atoms with Crippen LogP contribution in [0.25, 0.3) is 6.08 Å². The number of thioether (sulfide) groups is 1. The maximum absolute atomic E-state index is 6.02. The summed E-state index contributed by atoms with van der Waals surface area (Å²) in [5.41, 5.74) is 4.86. The number of hydrogen-bond acceptors (Lipinski definition) is 6. The molecule has 0 fully saturated rings. The highest BCUT2D eigenvalue weighted by atomic mass is 35.5. The first kappa shape index (κ1) is 19.3. The normalized spacial score (nSPS) is 11.5. The predicted octanol–water partition coefficient (Wildman–Crippen LogP) is 4.70. The molecule has 0 aliphatic heterocycles. The largest absolute Gasteiger partial charge is 0.334 e. The smallest absolute Gasteiger partial charge is 0.264 e. The maximum Gasteiger partial charge on any atom is 0.264 e. The molecule has 27 heavy (non-hydrogen) atoms. The highest BCUT2D eigenvalue weighted by Gasteiger charge is 2.10. The summed E-state index contributed by atoms with van der Waals surface area (Å²) < 4.78 is 1.35. The van der Waals surface area contributed by atoms with Gasteiger partial charge in [0.2, 0.25) is 5.16 Å². The minimum Gasteiger partial charge on any atom is -0.334 e. The molecule has 0 saturated carbocycles. The molecule has 3 N–H and O–H groups in total. The molecule has 0 aliphatic carbocycles. The minimum absolute atomic E-state index is 0.344. The zero-order valence-electron chi connectivity index (χ0n) is 14.1. The van der Waals surface area contributed by atoms with E-state index < -0.39 is 0 Å². The van der Waals surface area contributed by atoms with Gasteiger partial charge in [-0.3, -0.25) is 0 Å². The zero-order chi connectivity index (χ0) is 19.1. The van der Waals surface area contributed by atoms with Gasteiger partial charge in [0.1, 0.15) is 0 Å². The number of rotatable bonds is 7. The lowest BCUT2D eigenvalue weighted by Gasteiger charge is -2.04. The third kappa shape index (κ3) is 5.50. The second-order valence-corrected chi connectivity index (χ2v) is 7.13. The van der Waals surface area contributed by atoms with Crippen LogP contribution >= 0.6 is 35.0 Å². The molecule has 6 nitrogen and oxygen atoms in total. The first-order valence-corrected chi connectivity index (χ1v) is 9.65. The molecule has 0 atom stereocenters. The number of nitrogens with two attached hydrogens (primary N) is 1. The number of anilines is 1. The van der Waals surface area contributed by atoms with Crippen LogP contribution in [0.3, 0.4) is 0 Å². The molecule has 138 valence electrons. The lowest BCUT2D eigenvalue weighted by Crippen LogP contribution is -2.13. The second kappa shape index (κ2) is 9.45. The lowest BCUT2D eigenvalue weighted by atomic mass is 10.2. The van der Waals surface area contributed by atoms with E-state index in [-0.39, 0.29) is 0 Å². The maximum atomic E-state index is 6.02. The van der Waals surface area contributed by atoms with Crippen LogP contribution in [0.1, 0.15) is 11.1 Å². The zero-order valence-corrected chi connectivity index (χ0v) is 16.4. The van der Waals surface area contributed by atoms with Gasteiger partial charge in [-0.1, -0.05) is 77.4 Å². The van der Waals surface area contributed by atoms with Crippen molar-refractivity contribution < 1.29 is 0 Å². The summed E-state index contributed by atoms with van der Waals surface area (Å²) in [4.78, 5) is 0. The van der Waals surface area contributed by atoms with E-state index in [0.717, 1.165) is 11.1 Å². The number of aromatic nitrogens is 3. The van der Waals surface area contributed by atoms with E-state index in [1.165, 1.54) is 16.4 Å². The average Bonchev–Trinajstić information content (AvgIpc) is 3.03. The molecule has 2 aromatic carbocycles. The van der Waals surface area contributed by atoms with Crippen molar-refractivity contribution in [1.82, 2.24) is 14.9 Å². The van der Waals surface area contributed by atoms with Gasteiger partial charge in [0.05, 0.1) is 10.0 Å². The molecular weight excluding hydrogens is 403 g/mol. The van der Waals surface area contributed by atoms with Crippen LogP contribution in [0.2, 0.25) is 10.0 Å². The SMILES string of the molecule is Nn1c(N/N=C/C=C/c2ccccc2)nnc1SCc1ccc(Cl)c(Cl)c1. The van der Waals surface area contributed by atoms with Crippen LogP contribution in [-0.4, -0.2) is 21.1 Å². The predicted molar refractivity (Wildman–Crippen MR) is 114 cm³/mol. The molecule has 0 aliphatic rings. The van der Waals surface area contributed by atoms with Gasteiger partial charge in [0.25, 0.3) is 5.95 Å². The summed E-state index contributed by atoms with van der Waals surface area (Å²) >= 11 is 13.4. The molecule has 0 amide bonds. The van der Waals surface area contributed by atoms with E-state index in [2.05, 4.69) is 20.7 Å². The standard InChI is InChI=1S/C18H16Cl2N6S/c19-15-9-8-14(11-16(15)20)12-27-18-25-24-17(26(18)21)23-22-10-4-7-13-5-2-1-3-6-13/h1-11H,12,21H2,(H,23,24)/b7-4+,22-10+. The van der Waals surface area contributed by atoms with Crippen LogP contribution < -0.4 is 11.3 Å². The van der Waals surface area contributed by atoms with Crippen LogP contribution in [0.15, 0.2) is 64.9 Å². The number of nitrogens with one attached hydrogen (secondary N) is 1. The topological polar surface area (TPSA) is 81.1 Å². The van der Waals surface area contributed by atoms with E-state index in [0.29, 0.717) is 26.9 Å². The number of benzene rings is 2. The van der Waals surface area contributed by atoms with Crippen molar-refractivity contribution in [1.29, 1.82) is 0 Å². The molecule has 1 heterocycles. The van der Waals surface area contributed by atoms with Crippen molar-refractivity contribution in [2.75, 3.05) is 11.3 Å². The number of allylic oxidation sites excluding steroid dienone is 1. The summed E-state index contributed by atoms with van der Waals surface area (Å²) in [6.07, 6.45) is 5.38. The summed E-state index contributed by atoms with van der Waals surface area (Å²) in [6.45, 7) is 0. The molecule has 0 saturated heterocycles. The van der Waals surface area contributed by atoms with Crippen molar-refractivity contribution in [3.05, 3.63) is 75.8 Å². The summed E-state index contributed by atoms with van der Waals surface area (Å²) in [6, 6.07) is 15.4. The quantitative estimate of drug-likeness (QED) is 0.251. The van der Waals surface area contributed by atoms with Gasteiger partial charge < -0.3 is 5.84 Å². The second-order valence-electron chi connectivity index (χ2n) is 5.37. The Bertz CT molecular complexity index is 956. The van der Waals surface area contributed by atoms with Gasteiger partial charge in [-0.2, -0.15) is 5.10 Å².